The number of amides is 1. The molecule has 1 heterocycles. The molecule has 0 saturated carbocycles. The van der Waals surface area contributed by atoms with E-state index in [0.717, 1.165) is 4.57 Å². The molecule has 15 heavy (non-hydrogen) atoms. The first-order valence-corrected chi connectivity index (χ1v) is 4.20. The Kier molecular flexibility index (Phi) is 3.40. The SMILES string of the molecule is COc1nc(C)cc(=O)n1CC(=O)NN. The summed E-state index contributed by atoms with van der Waals surface area (Å²) in [5.41, 5.74) is 2.10. The molecule has 0 aliphatic carbocycles. The second kappa shape index (κ2) is 4.56. The van der Waals surface area contributed by atoms with E-state index in [1.165, 1.54) is 13.2 Å². The van der Waals surface area contributed by atoms with E-state index in [1.54, 1.807) is 6.92 Å². The smallest absolute Gasteiger partial charge is 0.299 e. The van der Waals surface area contributed by atoms with E-state index in [9.17, 15) is 9.59 Å². The Balaban J connectivity index is 3.15. The number of nitrogens with one attached hydrogen (secondary N) is 1. The minimum atomic E-state index is -0.499. The molecule has 0 aromatic carbocycles. The number of hydrazine groups is 1. The fourth-order valence-corrected chi connectivity index (χ4v) is 1.09. The van der Waals surface area contributed by atoms with Crippen molar-refractivity contribution in [1.29, 1.82) is 0 Å². The summed E-state index contributed by atoms with van der Waals surface area (Å²) >= 11 is 0. The number of hydrogen-bond acceptors (Lipinski definition) is 5. The third kappa shape index (κ3) is 2.53. The molecule has 0 radical (unpaired) electrons. The second-order valence-electron chi connectivity index (χ2n) is 2.88. The van der Waals surface area contributed by atoms with E-state index in [4.69, 9.17) is 10.6 Å². The van der Waals surface area contributed by atoms with Crippen LogP contribution >= 0.6 is 0 Å². The molecule has 1 rings (SSSR count). The number of nitrogens with two attached hydrogens (primary N) is 1. The average molecular weight is 212 g/mol. The van der Waals surface area contributed by atoms with Crippen LogP contribution < -0.4 is 21.6 Å². The molecule has 0 aliphatic rings. The lowest BCUT2D eigenvalue weighted by atomic mass is 10.4. The van der Waals surface area contributed by atoms with Crippen LogP contribution in [0.15, 0.2) is 10.9 Å². The number of methoxy groups -OCH3 is 1. The minimum absolute atomic E-state index is 0.0867. The summed E-state index contributed by atoms with van der Waals surface area (Å²) in [4.78, 5) is 26.5. The van der Waals surface area contributed by atoms with Crippen molar-refractivity contribution in [2.75, 3.05) is 7.11 Å². The van der Waals surface area contributed by atoms with Gasteiger partial charge in [-0.2, -0.15) is 0 Å². The monoisotopic (exact) mass is 212 g/mol. The first kappa shape index (κ1) is 11.2. The lowest BCUT2D eigenvalue weighted by Crippen LogP contribution is -2.36. The Morgan fingerprint density at radius 1 is 1.73 bits per heavy atom. The zero-order valence-electron chi connectivity index (χ0n) is 8.48. The third-order valence-electron chi connectivity index (χ3n) is 1.75. The van der Waals surface area contributed by atoms with Crippen molar-refractivity contribution in [2.24, 2.45) is 5.84 Å². The fraction of sp³-hybridized carbons (Fsp3) is 0.375. The molecule has 1 amide bonds. The van der Waals surface area contributed by atoms with Gasteiger partial charge in [0.2, 0.25) is 0 Å². The van der Waals surface area contributed by atoms with Gasteiger partial charge in [0.05, 0.1) is 7.11 Å². The van der Waals surface area contributed by atoms with Gasteiger partial charge in [-0.25, -0.2) is 10.8 Å². The molecule has 0 aliphatic heterocycles. The number of aromatic nitrogens is 2. The molecule has 0 fully saturated rings. The highest BCUT2D eigenvalue weighted by Gasteiger charge is 2.10. The van der Waals surface area contributed by atoms with Gasteiger partial charge in [0, 0.05) is 11.8 Å². The first-order valence-electron chi connectivity index (χ1n) is 4.20. The van der Waals surface area contributed by atoms with Gasteiger partial charge >= 0.3 is 0 Å². The van der Waals surface area contributed by atoms with Crippen molar-refractivity contribution >= 4 is 5.91 Å². The summed E-state index contributed by atoms with van der Waals surface area (Å²) in [6.45, 7) is 1.45. The van der Waals surface area contributed by atoms with E-state index < -0.39 is 5.91 Å². The number of nitrogens with zero attached hydrogens (tertiary/aromatic N) is 2. The van der Waals surface area contributed by atoms with Crippen LogP contribution in [0.4, 0.5) is 0 Å². The summed E-state index contributed by atoms with van der Waals surface area (Å²) in [5.74, 6) is 4.42. The Labute approximate surface area is 85.8 Å². The van der Waals surface area contributed by atoms with Crippen molar-refractivity contribution in [1.82, 2.24) is 15.0 Å². The zero-order chi connectivity index (χ0) is 11.4. The summed E-state index contributed by atoms with van der Waals surface area (Å²) in [7, 11) is 1.37. The number of rotatable bonds is 3. The maximum absolute atomic E-state index is 11.5. The number of ether oxygens (including phenoxy) is 1. The van der Waals surface area contributed by atoms with Crippen molar-refractivity contribution < 1.29 is 9.53 Å². The van der Waals surface area contributed by atoms with Crippen molar-refractivity contribution in [3.8, 4) is 6.01 Å². The first-order chi connectivity index (χ1) is 7.08. The quantitative estimate of drug-likeness (QED) is 0.363. The lowest BCUT2D eigenvalue weighted by molar-refractivity contribution is -0.121. The van der Waals surface area contributed by atoms with E-state index in [-0.39, 0.29) is 18.1 Å². The molecule has 0 saturated heterocycles. The van der Waals surface area contributed by atoms with Crippen LogP contribution in [-0.4, -0.2) is 22.6 Å². The largest absolute Gasteiger partial charge is 0.468 e. The van der Waals surface area contributed by atoms with Gasteiger partial charge < -0.3 is 4.74 Å². The van der Waals surface area contributed by atoms with Gasteiger partial charge in [0.1, 0.15) is 6.54 Å². The Morgan fingerprint density at radius 2 is 2.40 bits per heavy atom. The molecule has 7 nitrogen and oxygen atoms in total. The molecule has 3 N–H and O–H groups in total. The highest BCUT2D eigenvalue weighted by molar-refractivity contribution is 5.75. The Morgan fingerprint density at radius 3 is 2.93 bits per heavy atom. The predicted octanol–water partition coefficient (Wildman–Crippen LogP) is -1.45. The maximum Gasteiger partial charge on any atom is 0.299 e. The highest BCUT2D eigenvalue weighted by atomic mass is 16.5. The fourth-order valence-electron chi connectivity index (χ4n) is 1.09. The van der Waals surface area contributed by atoms with Gasteiger partial charge in [0.15, 0.2) is 0 Å². The van der Waals surface area contributed by atoms with Crippen molar-refractivity contribution in [2.45, 2.75) is 13.5 Å². The molecular weight excluding hydrogens is 200 g/mol. The summed E-state index contributed by atoms with van der Waals surface area (Å²) in [5, 5.41) is 0. The van der Waals surface area contributed by atoms with Crippen molar-refractivity contribution in [3.05, 3.63) is 22.1 Å². The minimum Gasteiger partial charge on any atom is -0.468 e. The summed E-state index contributed by atoms with van der Waals surface area (Å²) in [6, 6.07) is 1.40. The van der Waals surface area contributed by atoms with Gasteiger partial charge in [-0.15, -0.1) is 0 Å². The van der Waals surface area contributed by atoms with Gasteiger partial charge in [0.25, 0.3) is 17.5 Å². The molecule has 1 aromatic rings. The molecule has 1 aromatic heterocycles. The standard InChI is InChI=1S/C8H12N4O3/c1-5-3-7(14)12(4-6(13)11-9)8(10-5)15-2/h3H,4,9H2,1-2H3,(H,11,13). The van der Waals surface area contributed by atoms with Crippen LogP contribution in [0.2, 0.25) is 0 Å². The molecule has 82 valence electrons. The number of hydrogen-bond donors (Lipinski definition) is 2. The van der Waals surface area contributed by atoms with Crippen LogP contribution in [0.3, 0.4) is 0 Å². The number of carbonyl (C=O) groups is 1. The van der Waals surface area contributed by atoms with Crippen molar-refractivity contribution in [3.63, 3.8) is 0 Å². The average Bonchev–Trinajstić information content (AvgIpc) is 2.21. The van der Waals surface area contributed by atoms with Crippen LogP contribution in [-0.2, 0) is 11.3 Å². The van der Waals surface area contributed by atoms with Crippen LogP contribution in [0.25, 0.3) is 0 Å². The molecule has 0 spiro atoms. The van der Waals surface area contributed by atoms with Gasteiger partial charge in [-0.05, 0) is 6.92 Å². The van der Waals surface area contributed by atoms with E-state index in [0.29, 0.717) is 5.69 Å². The van der Waals surface area contributed by atoms with E-state index in [2.05, 4.69) is 4.98 Å². The van der Waals surface area contributed by atoms with Crippen LogP contribution in [0, 0.1) is 6.92 Å². The normalized spacial score (nSPS) is 9.80. The summed E-state index contributed by atoms with van der Waals surface area (Å²) in [6.07, 6.45) is 0. The topological polar surface area (TPSA) is 99.2 Å². The lowest BCUT2D eigenvalue weighted by Gasteiger charge is -2.09. The molecule has 0 bridgehead atoms. The predicted molar refractivity (Wildman–Crippen MR) is 52.1 cm³/mol. The molecular formula is C8H12N4O3. The summed E-state index contributed by atoms with van der Waals surface area (Å²) < 4.78 is 5.98. The van der Waals surface area contributed by atoms with E-state index in [1.807, 2.05) is 5.43 Å². The van der Waals surface area contributed by atoms with E-state index >= 15 is 0 Å². The maximum atomic E-state index is 11.5. The van der Waals surface area contributed by atoms with Crippen LogP contribution in [0.1, 0.15) is 5.69 Å². The van der Waals surface area contributed by atoms with Gasteiger partial charge in [-0.3, -0.25) is 19.6 Å². The highest BCUT2D eigenvalue weighted by Crippen LogP contribution is 2.03. The Hall–Kier alpha value is -1.89. The third-order valence-corrected chi connectivity index (χ3v) is 1.75. The van der Waals surface area contributed by atoms with Gasteiger partial charge in [-0.1, -0.05) is 0 Å². The number of carbonyl (C=O) groups excluding carboxylic acids is 1. The molecule has 7 heteroatoms. The Bertz CT molecular complexity index is 426. The second-order valence-corrected chi connectivity index (χ2v) is 2.88. The zero-order valence-corrected chi connectivity index (χ0v) is 8.48. The van der Waals surface area contributed by atoms with Crippen LogP contribution in [0.5, 0.6) is 6.01 Å². The molecule has 0 unspecified atom stereocenters. The number of aryl methyl sites for hydroxylation is 1. The molecule has 0 atom stereocenters.